The van der Waals surface area contributed by atoms with Crippen LogP contribution in [-0.4, -0.2) is 75.2 Å². The number of rotatable bonds is 9. The van der Waals surface area contributed by atoms with Gasteiger partial charge in [-0.25, -0.2) is 0 Å². The molecule has 1 fully saturated rings. The van der Waals surface area contributed by atoms with Gasteiger partial charge in [-0.05, 0) is 25.8 Å². The van der Waals surface area contributed by atoms with Crippen molar-refractivity contribution in [3.05, 3.63) is 0 Å². The molecule has 1 atom stereocenters. The van der Waals surface area contributed by atoms with E-state index in [9.17, 15) is 9.59 Å². The normalized spacial score (nSPS) is 18.0. The third-order valence-electron chi connectivity index (χ3n) is 3.71. The van der Waals surface area contributed by atoms with Crippen molar-refractivity contribution in [1.29, 1.82) is 0 Å². The maximum atomic E-state index is 11.6. The van der Waals surface area contributed by atoms with Crippen molar-refractivity contribution in [3.8, 4) is 0 Å². The average Bonchev–Trinajstić information content (AvgIpc) is 2.96. The number of methoxy groups -OCH3 is 1. The van der Waals surface area contributed by atoms with Crippen LogP contribution in [0, 0.1) is 0 Å². The topological polar surface area (TPSA) is 59.1 Å². The van der Waals surface area contributed by atoms with Crippen LogP contribution in [-0.2, 0) is 19.1 Å². The molecule has 1 amide bonds. The molecule has 6 nitrogen and oxygen atoms in total. The lowest BCUT2D eigenvalue weighted by Crippen LogP contribution is -2.35. The van der Waals surface area contributed by atoms with Crippen molar-refractivity contribution in [2.45, 2.75) is 38.2 Å². The SMILES string of the molecule is COC(=O)CCN(CCCC(=O)N(C)C)CC1CCCO1. The first kappa shape index (κ1) is 17.9. The van der Waals surface area contributed by atoms with Gasteiger partial charge < -0.3 is 19.3 Å². The first-order valence-corrected chi connectivity index (χ1v) is 7.64. The molecule has 1 unspecified atom stereocenters. The lowest BCUT2D eigenvalue weighted by atomic mass is 10.2. The molecule has 0 aromatic carbocycles. The smallest absolute Gasteiger partial charge is 0.306 e. The minimum absolute atomic E-state index is 0.139. The summed E-state index contributed by atoms with van der Waals surface area (Å²) in [5.74, 6) is -0.0586. The van der Waals surface area contributed by atoms with Gasteiger partial charge >= 0.3 is 5.97 Å². The minimum Gasteiger partial charge on any atom is -0.469 e. The zero-order valence-corrected chi connectivity index (χ0v) is 13.5. The van der Waals surface area contributed by atoms with Crippen LogP contribution in [0.1, 0.15) is 32.1 Å². The van der Waals surface area contributed by atoms with Crippen LogP contribution in [0.15, 0.2) is 0 Å². The van der Waals surface area contributed by atoms with Gasteiger partial charge in [-0.2, -0.15) is 0 Å². The Morgan fingerprint density at radius 1 is 1.24 bits per heavy atom. The highest BCUT2D eigenvalue weighted by Gasteiger charge is 2.20. The summed E-state index contributed by atoms with van der Waals surface area (Å²) in [6.07, 6.45) is 4.15. The number of nitrogens with zero attached hydrogens (tertiary/aromatic N) is 2. The fourth-order valence-corrected chi connectivity index (χ4v) is 2.40. The van der Waals surface area contributed by atoms with E-state index in [0.29, 0.717) is 19.4 Å². The summed E-state index contributed by atoms with van der Waals surface area (Å²) in [4.78, 5) is 26.7. The molecule has 0 aromatic heterocycles. The molecule has 1 heterocycles. The van der Waals surface area contributed by atoms with Gasteiger partial charge in [0.15, 0.2) is 0 Å². The minimum atomic E-state index is -0.197. The molecule has 0 saturated carbocycles. The van der Waals surface area contributed by atoms with E-state index in [2.05, 4.69) is 9.64 Å². The van der Waals surface area contributed by atoms with Crippen LogP contribution >= 0.6 is 0 Å². The quantitative estimate of drug-likeness (QED) is 0.592. The first-order chi connectivity index (χ1) is 10.0. The second kappa shape index (κ2) is 9.73. The molecule has 6 heteroatoms. The molecule has 0 aliphatic carbocycles. The van der Waals surface area contributed by atoms with E-state index in [4.69, 9.17) is 4.74 Å². The Kier molecular flexibility index (Phi) is 8.30. The van der Waals surface area contributed by atoms with Crippen molar-refractivity contribution in [3.63, 3.8) is 0 Å². The summed E-state index contributed by atoms with van der Waals surface area (Å²) in [7, 11) is 4.94. The maximum Gasteiger partial charge on any atom is 0.306 e. The third-order valence-corrected chi connectivity index (χ3v) is 3.71. The number of esters is 1. The van der Waals surface area contributed by atoms with Crippen molar-refractivity contribution in [2.24, 2.45) is 0 Å². The molecule has 0 spiro atoms. The number of hydrogen-bond acceptors (Lipinski definition) is 5. The summed E-state index contributed by atoms with van der Waals surface area (Å²) in [5.41, 5.74) is 0. The molecule has 1 aliphatic heterocycles. The highest BCUT2D eigenvalue weighted by Crippen LogP contribution is 2.14. The van der Waals surface area contributed by atoms with Crippen LogP contribution in [0.5, 0.6) is 0 Å². The fraction of sp³-hybridized carbons (Fsp3) is 0.867. The number of hydrogen-bond donors (Lipinski definition) is 0. The van der Waals surface area contributed by atoms with Gasteiger partial charge in [-0.15, -0.1) is 0 Å². The van der Waals surface area contributed by atoms with E-state index < -0.39 is 0 Å². The molecule has 122 valence electrons. The van der Waals surface area contributed by atoms with Crippen molar-refractivity contribution < 1.29 is 19.1 Å². The molecular weight excluding hydrogens is 272 g/mol. The van der Waals surface area contributed by atoms with Crippen molar-refractivity contribution in [2.75, 3.05) is 47.4 Å². The van der Waals surface area contributed by atoms with Gasteiger partial charge in [0.05, 0.1) is 19.6 Å². The number of carbonyl (C=O) groups excluding carboxylic acids is 2. The van der Waals surface area contributed by atoms with Gasteiger partial charge in [-0.1, -0.05) is 0 Å². The molecule has 21 heavy (non-hydrogen) atoms. The van der Waals surface area contributed by atoms with E-state index in [0.717, 1.165) is 39.0 Å². The third kappa shape index (κ3) is 7.43. The molecular formula is C15H28N2O4. The van der Waals surface area contributed by atoms with Crippen molar-refractivity contribution >= 4 is 11.9 Å². The zero-order chi connectivity index (χ0) is 15.7. The van der Waals surface area contributed by atoms with Crippen LogP contribution in [0.2, 0.25) is 0 Å². The van der Waals surface area contributed by atoms with E-state index in [-0.39, 0.29) is 18.0 Å². The van der Waals surface area contributed by atoms with Crippen LogP contribution in [0.4, 0.5) is 0 Å². The molecule has 1 aliphatic rings. The molecule has 0 bridgehead atoms. The lowest BCUT2D eigenvalue weighted by molar-refractivity contribution is -0.141. The highest BCUT2D eigenvalue weighted by atomic mass is 16.5. The van der Waals surface area contributed by atoms with Gasteiger partial charge in [0.25, 0.3) is 0 Å². The molecule has 0 radical (unpaired) electrons. The van der Waals surface area contributed by atoms with Gasteiger partial charge in [-0.3, -0.25) is 9.59 Å². The lowest BCUT2D eigenvalue weighted by Gasteiger charge is -2.25. The van der Waals surface area contributed by atoms with E-state index >= 15 is 0 Å². The molecule has 0 aromatic rings. The Balaban J connectivity index is 2.35. The second-order valence-corrected chi connectivity index (χ2v) is 5.65. The number of ether oxygens (including phenoxy) is 2. The number of carbonyl (C=O) groups is 2. The van der Waals surface area contributed by atoms with Crippen LogP contribution < -0.4 is 0 Å². The van der Waals surface area contributed by atoms with E-state index in [1.165, 1.54) is 7.11 Å². The average molecular weight is 300 g/mol. The molecule has 1 rings (SSSR count). The zero-order valence-electron chi connectivity index (χ0n) is 13.5. The van der Waals surface area contributed by atoms with Gasteiger partial charge in [0, 0.05) is 40.2 Å². The van der Waals surface area contributed by atoms with Gasteiger partial charge in [0.2, 0.25) is 5.91 Å². The predicted molar refractivity (Wildman–Crippen MR) is 80.0 cm³/mol. The summed E-state index contributed by atoms with van der Waals surface area (Å²) in [5, 5.41) is 0. The summed E-state index contributed by atoms with van der Waals surface area (Å²) in [6, 6.07) is 0. The Bertz CT molecular complexity index is 328. The monoisotopic (exact) mass is 300 g/mol. The Morgan fingerprint density at radius 2 is 2.00 bits per heavy atom. The standard InChI is InChI=1S/C15H28N2O4/c1-16(2)14(18)7-4-9-17(10-8-15(19)20-3)12-13-6-5-11-21-13/h13H,4-12H2,1-3H3. The molecule has 1 saturated heterocycles. The molecule has 0 N–H and O–H groups in total. The maximum absolute atomic E-state index is 11.6. The first-order valence-electron chi connectivity index (χ1n) is 7.64. The predicted octanol–water partition coefficient (Wildman–Crippen LogP) is 0.899. The summed E-state index contributed by atoms with van der Waals surface area (Å²) in [6.45, 7) is 3.11. The summed E-state index contributed by atoms with van der Waals surface area (Å²) >= 11 is 0. The Labute approximate surface area is 127 Å². The van der Waals surface area contributed by atoms with Crippen LogP contribution in [0.3, 0.4) is 0 Å². The highest BCUT2D eigenvalue weighted by molar-refractivity contribution is 5.75. The Hall–Kier alpha value is -1.14. The Morgan fingerprint density at radius 3 is 2.57 bits per heavy atom. The largest absolute Gasteiger partial charge is 0.469 e. The van der Waals surface area contributed by atoms with Crippen LogP contribution in [0.25, 0.3) is 0 Å². The van der Waals surface area contributed by atoms with E-state index in [1.807, 2.05) is 0 Å². The van der Waals surface area contributed by atoms with E-state index in [1.54, 1.807) is 19.0 Å². The number of amides is 1. The van der Waals surface area contributed by atoms with Gasteiger partial charge in [0.1, 0.15) is 0 Å². The summed E-state index contributed by atoms with van der Waals surface area (Å²) < 4.78 is 10.3. The second-order valence-electron chi connectivity index (χ2n) is 5.65. The fourth-order valence-electron chi connectivity index (χ4n) is 2.40. The van der Waals surface area contributed by atoms with Crippen molar-refractivity contribution in [1.82, 2.24) is 9.80 Å².